The fraction of sp³-hybridized carbons (Fsp3) is 0.600. The van der Waals surface area contributed by atoms with Crippen LogP contribution in [0.5, 0.6) is 11.5 Å². The Kier molecular flexibility index (Phi) is 6.30. The summed E-state index contributed by atoms with van der Waals surface area (Å²) in [7, 11) is 7.47. The molecule has 0 saturated heterocycles. The smallest absolute Gasteiger partial charge is 0.174 e. The Balaban J connectivity index is 2.72. The third kappa shape index (κ3) is 4.36. The molecule has 0 amide bonds. The third-order valence-electron chi connectivity index (χ3n) is 3.59. The van der Waals surface area contributed by atoms with Crippen LogP contribution in [0.15, 0.2) is 16.6 Å². The van der Waals surface area contributed by atoms with Crippen molar-refractivity contribution in [3.8, 4) is 11.5 Å². The number of hydrogen-bond acceptors (Lipinski definition) is 4. The molecule has 20 heavy (non-hydrogen) atoms. The first kappa shape index (κ1) is 17.3. The lowest BCUT2D eigenvalue weighted by Gasteiger charge is -2.32. The predicted octanol–water partition coefficient (Wildman–Crippen LogP) is 2.90. The largest absolute Gasteiger partial charge is 0.493 e. The first-order valence-electron chi connectivity index (χ1n) is 6.60. The zero-order chi connectivity index (χ0) is 15.3. The van der Waals surface area contributed by atoms with Gasteiger partial charge in [0.1, 0.15) is 0 Å². The first-order chi connectivity index (χ1) is 9.31. The number of halogens is 1. The average Bonchev–Trinajstić information content (AvgIpc) is 2.37. The standard InChI is InChI=1S/C15H25BrN2O2/c1-15(2,18(3)4)10-17-9-11-7-12(16)14(20-6)13(8-11)19-5/h7-8,17H,9-10H2,1-6H3. The Morgan fingerprint density at radius 2 is 1.85 bits per heavy atom. The van der Waals surface area contributed by atoms with E-state index in [-0.39, 0.29) is 5.54 Å². The molecular formula is C15H25BrN2O2. The molecular weight excluding hydrogens is 320 g/mol. The van der Waals surface area contributed by atoms with Crippen LogP contribution in [0, 0.1) is 0 Å². The van der Waals surface area contributed by atoms with E-state index in [0.29, 0.717) is 0 Å². The van der Waals surface area contributed by atoms with Gasteiger partial charge in [-0.3, -0.25) is 0 Å². The van der Waals surface area contributed by atoms with Gasteiger partial charge in [0.25, 0.3) is 0 Å². The van der Waals surface area contributed by atoms with Crippen molar-refractivity contribution >= 4 is 15.9 Å². The summed E-state index contributed by atoms with van der Waals surface area (Å²) in [6, 6.07) is 4.05. The minimum Gasteiger partial charge on any atom is -0.493 e. The van der Waals surface area contributed by atoms with Gasteiger partial charge in [-0.15, -0.1) is 0 Å². The highest BCUT2D eigenvalue weighted by Crippen LogP contribution is 2.36. The molecule has 0 fully saturated rings. The molecule has 0 saturated carbocycles. The summed E-state index contributed by atoms with van der Waals surface area (Å²) in [4.78, 5) is 2.21. The van der Waals surface area contributed by atoms with Gasteiger partial charge in [0, 0.05) is 18.6 Å². The SMILES string of the molecule is COc1cc(CNCC(C)(C)N(C)C)cc(Br)c1OC. The first-order valence-corrected chi connectivity index (χ1v) is 7.39. The maximum atomic E-state index is 5.35. The molecule has 0 aliphatic heterocycles. The Hall–Kier alpha value is -0.780. The lowest BCUT2D eigenvalue weighted by atomic mass is 10.0. The van der Waals surface area contributed by atoms with Crippen LogP contribution in [0.25, 0.3) is 0 Å². The van der Waals surface area contributed by atoms with Crippen molar-refractivity contribution in [3.05, 3.63) is 22.2 Å². The van der Waals surface area contributed by atoms with Crippen molar-refractivity contribution in [2.45, 2.75) is 25.9 Å². The molecule has 0 aliphatic rings. The van der Waals surface area contributed by atoms with Crippen LogP contribution in [-0.2, 0) is 6.54 Å². The Labute approximate surface area is 130 Å². The molecule has 0 atom stereocenters. The lowest BCUT2D eigenvalue weighted by Crippen LogP contribution is -2.46. The van der Waals surface area contributed by atoms with Crippen molar-refractivity contribution in [3.63, 3.8) is 0 Å². The number of likely N-dealkylation sites (N-methyl/N-ethyl adjacent to an activating group) is 1. The summed E-state index contributed by atoms with van der Waals surface area (Å²) in [5.74, 6) is 1.47. The van der Waals surface area contributed by atoms with Crippen molar-refractivity contribution in [2.75, 3.05) is 34.9 Å². The van der Waals surface area contributed by atoms with E-state index in [9.17, 15) is 0 Å². The highest BCUT2D eigenvalue weighted by Gasteiger charge is 2.19. The summed E-state index contributed by atoms with van der Waals surface area (Å²) in [6.07, 6.45) is 0. The van der Waals surface area contributed by atoms with E-state index >= 15 is 0 Å². The molecule has 0 aromatic heterocycles. The van der Waals surface area contributed by atoms with E-state index in [2.05, 4.69) is 60.2 Å². The topological polar surface area (TPSA) is 33.7 Å². The van der Waals surface area contributed by atoms with Gasteiger partial charge in [-0.1, -0.05) is 0 Å². The van der Waals surface area contributed by atoms with Gasteiger partial charge in [0.2, 0.25) is 0 Å². The van der Waals surface area contributed by atoms with Gasteiger partial charge >= 0.3 is 0 Å². The molecule has 0 radical (unpaired) electrons. The van der Waals surface area contributed by atoms with Crippen molar-refractivity contribution in [1.29, 1.82) is 0 Å². The summed E-state index contributed by atoms with van der Waals surface area (Å²) in [5.41, 5.74) is 1.28. The zero-order valence-corrected chi connectivity index (χ0v) is 14.8. The fourth-order valence-electron chi connectivity index (χ4n) is 1.74. The molecule has 1 aromatic carbocycles. The number of nitrogens with one attached hydrogen (secondary N) is 1. The van der Waals surface area contributed by atoms with Gasteiger partial charge in [-0.25, -0.2) is 0 Å². The van der Waals surface area contributed by atoms with E-state index < -0.39 is 0 Å². The summed E-state index contributed by atoms with van der Waals surface area (Å²) in [6.45, 7) is 6.12. The molecule has 5 heteroatoms. The minimum absolute atomic E-state index is 0.119. The molecule has 0 spiro atoms. The maximum Gasteiger partial charge on any atom is 0.174 e. The average molecular weight is 345 g/mol. The van der Waals surface area contributed by atoms with Gasteiger partial charge in [0.05, 0.1) is 18.7 Å². The lowest BCUT2D eigenvalue weighted by molar-refractivity contribution is 0.189. The number of benzene rings is 1. The third-order valence-corrected chi connectivity index (χ3v) is 4.18. The van der Waals surface area contributed by atoms with E-state index in [1.165, 1.54) is 0 Å². The second-order valence-electron chi connectivity index (χ2n) is 5.62. The second kappa shape index (κ2) is 7.29. The van der Waals surface area contributed by atoms with Gasteiger partial charge in [-0.2, -0.15) is 0 Å². The molecule has 1 rings (SSSR count). The molecule has 1 N–H and O–H groups in total. The van der Waals surface area contributed by atoms with Crippen LogP contribution < -0.4 is 14.8 Å². The summed E-state index contributed by atoms with van der Waals surface area (Å²) < 4.78 is 11.6. The minimum atomic E-state index is 0.119. The van der Waals surface area contributed by atoms with Gasteiger partial charge in [-0.05, 0) is 61.6 Å². The molecule has 0 bridgehead atoms. The Morgan fingerprint density at radius 3 is 2.35 bits per heavy atom. The van der Waals surface area contributed by atoms with Crippen LogP contribution in [0.3, 0.4) is 0 Å². The van der Waals surface area contributed by atoms with E-state index in [0.717, 1.165) is 34.6 Å². The van der Waals surface area contributed by atoms with E-state index in [1.807, 2.05) is 6.07 Å². The highest BCUT2D eigenvalue weighted by atomic mass is 79.9. The second-order valence-corrected chi connectivity index (χ2v) is 6.48. The van der Waals surface area contributed by atoms with E-state index in [1.54, 1.807) is 14.2 Å². The Morgan fingerprint density at radius 1 is 1.20 bits per heavy atom. The number of ether oxygens (including phenoxy) is 2. The quantitative estimate of drug-likeness (QED) is 0.824. The number of rotatable bonds is 7. The van der Waals surface area contributed by atoms with Crippen LogP contribution in [0.4, 0.5) is 0 Å². The highest BCUT2D eigenvalue weighted by molar-refractivity contribution is 9.10. The number of nitrogens with zero attached hydrogens (tertiary/aromatic N) is 1. The summed E-state index contributed by atoms with van der Waals surface area (Å²) in [5, 5.41) is 3.48. The maximum absolute atomic E-state index is 5.35. The molecule has 1 aromatic rings. The van der Waals surface area contributed by atoms with Gasteiger partial charge < -0.3 is 19.7 Å². The number of methoxy groups -OCH3 is 2. The van der Waals surface area contributed by atoms with Gasteiger partial charge in [0.15, 0.2) is 11.5 Å². The molecule has 0 unspecified atom stereocenters. The van der Waals surface area contributed by atoms with Crippen molar-refractivity contribution in [1.82, 2.24) is 10.2 Å². The van der Waals surface area contributed by atoms with Crippen LogP contribution in [-0.4, -0.2) is 45.3 Å². The zero-order valence-electron chi connectivity index (χ0n) is 13.2. The fourth-order valence-corrected chi connectivity index (χ4v) is 2.40. The van der Waals surface area contributed by atoms with Crippen LogP contribution >= 0.6 is 15.9 Å². The molecule has 0 aliphatic carbocycles. The molecule has 4 nitrogen and oxygen atoms in total. The van der Waals surface area contributed by atoms with Crippen molar-refractivity contribution in [2.24, 2.45) is 0 Å². The molecule has 114 valence electrons. The Bertz CT molecular complexity index is 448. The normalized spacial score (nSPS) is 11.8. The predicted molar refractivity (Wildman–Crippen MR) is 86.7 cm³/mol. The van der Waals surface area contributed by atoms with Crippen LogP contribution in [0.1, 0.15) is 19.4 Å². The molecule has 0 heterocycles. The van der Waals surface area contributed by atoms with E-state index in [4.69, 9.17) is 9.47 Å². The van der Waals surface area contributed by atoms with Crippen LogP contribution in [0.2, 0.25) is 0 Å². The van der Waals surface area contributed by atoms with Crippen molar-refractivity contribution < 1.29 is 9.47 Å². The number of hydrogen-bond donors (Lipinski definition) is 1. The monoisotopic (exact) mass is 344 g/mol. The summed E-state index contributed by atoms with van der Waals surface area (Å²) >= 11 is 3.51.